The SMILES string of the molecule is Cc1ccc(O)c(-c2cc(-c3cccc4c3OCO4)cc(NC3CCCC3)n2)c1. The molecule has 0 saturated heterocycles. The lowest BCUT2D eigenvalue weighted by atomic mass is 10.0. The fourth-order valence-electron chi connectivity index (χ4n) is 4.19. The number of fused-ring (bicyclic) bond motifs is 1. The summed E-state index contributed by atoms with van der Waals surface area (Å²) in [6.07, 6.45) is 4.82. The zero-order valence-electron chi connectivity index (χ0n) is 16.4. The van der Waals surface area contributed by atoms with Crippen LogP contribution in [-0.2, 0) is 0 Å². The van der Waals surface area contributed by atoms with E-state index in [0.29, 0.717) is 6.04 Å². The Labute approximate surface area is 170 Å². The third kappa shape index (κ3) is 3.48. The number of rotatable bonds is 4. The van der Waals surface area contributed by atoms with Gasteiger partial charge in [0.25, 0.3) is 0 Å². The van der Waals surface area contributed by atoms with Gasteiger partial charge in [-0.1, -0.05) is 36.6 Å². The maximum Gasteiger partial charge on any atom is 0.231 e. The predicted octanol–water partition coefficient (Wildman–Crippen LogP) is 5.51. The van der Waals surface area contributed by atoms with Crippen LogP contribution in [0.5, 0.6) is 17.2 Å². The molecule has 29 heavy (non-hydrogen) atoms. The van der Waals surface area contributed by atoms with Crippen molar-refractivity contribution >= 4 is 5.82 Å². The standard InChI is InChI=1S/C24H24N2O3/c1-15-9-10-21(27)19(11-15)20-12-16(13-23(26-20)25-17-5-2-3-6-17)18-7-4-8-22-24(18)29-14-28-22/h4,7-13,17,27H,2-3,5-6,14H2,1H3,(H,25,26). The quantitative estimate of drug-likeness (QED) is 0.617. The van der Waals surface area contributed by atoms with Crippen LogP contribution in [0.4, 0.5) is 5.82 Å². The molecular weight excluding hydrogens is 364 g/mol. The number of aromatic nitrogens is 1. The summed E-state index contributed by atoms with van der Waals surface area (Å²) in [6.45, 7) is 2.25. The van der Waals surface area contributed by atoms with Gasteiger partial charge in [0.1, 0.15) is 11.6 Å². The molecule has 0 spiro atoms. The van der Waals surface area contributed by atoms with Crippen molar-refractivity contribution < 1.29 is 14.6 Å². The lowest BCUT2D eigenvalue weighted by molar-refractivity contribution is 0.174. The van der Waals surface area contributed by atoms with E-state index in [9.17, 15) is 5.11 Å². The molecule has 3 aromatic rings. The van der Waals surface area contributed by atoms with Gasteiger partial charge in [0, 0.05) is 17.2 Å². The molecule has 0 atom stereocenters. The highest BCUT2D eigenvalue weighted by atomic mass is 16.7. The number of benzene rings is 2. The van der Waals surface area contributed by atoms with Gasteiger partial charge >= 0.3 is 0 Å². The van der Waals surface area contributed by atoms with Crippen molar-refractivity contribution in [1.29, 1.82) is 0 Å². The minimum atomic E-state index is 0.227. The zero-order chi connectivity index (χ0) is 19.8. The Kier molecular flexibility index (Phi) is 4.51. The highest BCUT2D eigenvalue weighted by Gasteiger charge is 2.21. The van der Waals surface area contributed by atoms with Crippen LogP contribution < -0.4 is 14.8 Å². The number of nitrogens with zero attached hydrogens (tertiary/aromatic N) is 1. The molecule has 1 aliphatic heterocycles. The Morgan fingerprint density at radius 3 is 2.72 bits per heavy atom. The molecule has 0 unspecified atom stereocenters. The molecule has 0 bridgehead atoms. The van der Waals surface area contributed by atoms with Crippen molar-refractivity contribution in [3.05, 3.63) is 54.1 Å². The van der Waals surface area contributed by atoms with Gasteiger partial charge < -0.3 is 19.9 Å². The number of para-hydroxylation sites is 1. The summed E-state index contributed by atoms with van der Waals surface area (Å²) in [5.74, 6) is 2.56. The number of phenolic OH excluding ortho intramolecular Hbond substituents is 1. The minimum absolute atomic E-state index is 0.227. The first-order chi connectivity index (χ1) is 14.2. The molecule has 1 fully saturated rings. The summed E-state index contributed by atoms with van der Waals surface area (Å²) in [5.41, 5.74) is 4.49. The van der Waals surface area contributed by atoms with Gasteiger partial charge in [-0.05, 0) is 55.7 Å². The number of phenols is 1. The van der Waals surface area contributed by atoms with Crippen LogP contribution in [0.1, 0.15) is 31.2 Å². The lowest BCUT2D eigenvalue weighted by Crippen LogP contribution is -2.15. The van der Waals surface area contributed by atoms with Gasteiger partial charge in [0.05, 0.1) is 5.69 Å². The first-order valence-electron chi connectivity index (χ1n) is 10.1. The number of hydrogen-bond donors (Lipinski definition) is 2. The Morgan fingerprint density at radius 2 is 1.86 bits per heavy atom. The van der Waals surface area contributed by atoms with Gasteiger partial charge in [-0.25, -0.2) is 4.98 Å². The molecule has 2 aliphatic rings. The van der Waals surface area contributed by atoms with Crippen molar-refractivity contribution in [3.63, 3.8) is 0 Å². The first-order valence-corrected chi connectivity index (χ1v) is 10.1. The van der Waals surface area contributed by atoms with E-state index in [0.717, 1.165) is 58.1 Å². The second-order valence-corrected chi connectivity index (χ2v) is 7.81. The van der Waals surface area contributed by atoms with Crippen molar-refractivity contribution in [2.75, 3.05) is 12.1 Å². The predicted molar refractivity (Wildman–Crippen MR) is 114 cm³/mol. The fourth-order valence-corrected chi connectivity index (χ4v) is 4.19. The fraction of sp³-hybridized carbons (Fsp3) is 0.292. The van der Waals surface area contributed by atoms with E-state index >= 15 is 0 Å². The Morgan fingerprint density at radius 1 is 1.00 bits per heavy atom. The number of nitrogens with one attached hydrogen (secondary N) is 1. The van der Waals surface area contributed by atoms with E-state index in [1.165, 1.54) is 12.8 Å². The van der Waals surface area contributed by atoms with Crippen molar-refractivity contribution in [2.45, 2.75) is 38.6 Å². The molecule has 1 aliphatic carbocycles. The Balaban J connectivity index is 1.64. The largest absolute Gasteiger partial charge is 0.507 e. The number of aromatic hydroxyl groups is 1. The molecule has 5 heteroatoms. The van der Waals surface area contributed by atoms with E-state index in [2.05, 4.69) is 11.4 Å². The van der Waals surface area contributed by atoms with Gasteiger partial charge in [-0.3, -0.25) is 0 Å². The minimum Gasteiger partial charge on any atom is -0.507 e. The van der Waals surface area contributed by atoms with E-state index < -0.39 is 0 Å². The van der Waals surface area contributed by atoms with E-state index in [1.54, 1.807) is 6.07 Å². The molecule has 1 aromatic heterocycles. The average Bonchev–Trinajstić information content (AvgIpc) is 3.41. The molecule has 5 rings (SSSR count). The number of pyridine rings is 1. The van der Waals surface area contributed by atoms with Crippen LogP contribution in [0, 0.1) is 6.92 Å². The molecule has 5 nitrogen and oxygen atoms in total. The van der Waals surface area contributed by atoms with Crippen molar-refractivity contribution in [2.24, 2.45) is 0 Å². The number of ether oxygens (including phenoxy) is 2. The second-order valence-electron chi connectivity index (χ2n) is 7.81. The van der Waals surface area contributed by atoms with E-state index in [4.69, 9.17) is 14.5 Å². The summed E-state index contributed by atoms with van der Waals surface area (Å²) in [5, 5.41) is 14.1. The van der Waals surface area contributed by atoms with Crippen molar-refractivity contribution in [3.8, 4) is 39.6 Å². The summed E-state index contributed by atoms with van der Waals surface area (Å²) in [4.78, 5) is 4.84. The Hall–Kier alpha value is -3.21. The number of aryl methyl sites for hydroxylation is 1. The maximum atomic E-state index is 10.5. The summed E-state index contributed by atoms with van der Waals surface area (Å²) in [6, 6.07) is 16.0. The van der Waals surface area contributed by atoms with Crippen LogP contribution in [0.2, 0.25) is 0 Å². The van der Waals surface area contributed by atoms with Crippen LogP contribution >= 0.6 is 0 Å². The third-order valence-electron chi connectivity index (χ3n) is 5.67. The summed E-state index contributed by atoms with van der Waals surface area (Å²) >= 11 is 0. The number of hydrogen-bond acceptors (Lipinski definition) is 5. The highest BCUT2D eigenvalue weighted by Crippen LogP contribution is 2.43. The highest BCUT2D eigenvalue weighted by molar-refractivity contribution is 5.81. The van der Waals surface area contributed by atoms with E-state index in [1.807, 2.05) is 43.3 Å². The molecule has 0 amide bonds. The average molecular weight is 388 g/mol. The summed E-state index contributed by atoms with van der Waals surface area (Å²) in [7, 11) is 0. The maximum absolute atomic E-state index is 10.5. The van der Waals surface area contributed by atoms with Crippen LogP contribution in [-0.4, -0.2) is 22.9 Å². The molecule has 2 aromatic carbocycles. The topological polar surface area (TPSA) is 63.6 Å². The zero-order valence-corrected chi connectivity index (χ0v) is 16.4. The second kappa shape index (κ2) is 7.32. The monoisotopic (exact) mass is 388 g/mol. The Bertz CT molecular complexity index is 1060. The summed E-state index contributed by atoms with van der Waals surface area (Å²) < 4.78 is 11.3. The van der Waals surface area contributed by atoms with Crippen LogP contribution in [0.15, 0.2) is 48.5 Å². The van der Waals surface area contributed by atoms with Gasteiger partial charge in [0.15, 0.2) is 11.5 Å². The normalized spacial score (nSPS) is 15.6. The van der Waals surface area contributed by atoms with Crippen molar-refractivity contribution in [1.82, 2.24) is 4.98 Å². The first kappa shape index (κ1) is 17.9. The lowest BCUT2D eigenvalue weighted by Gasteiger charge is -2.16. The molecule has 2 N–H and O–H groups in total. The molecule has 2 heterocycles. The van der Waals surface area contributed by atoms with Crippen LogP contribution in [0.25, 0.3) is 22.4 Å². The molecule has 1 saturated carbocycles. The molecule has 148 valence electrons. The van der Waals surface area contributed by atoms with Gasteiger partial charge in [-0.15, -0.1) is 0 Å². The van der Waals surface area contributed by atoms with Gasteiger partial charge in [-0.2, -0.15) is 0 Å². The smallest absolute Gasteiger partial charge is 0.231 e. The van der Waals surface area contributed by atoms with Gasteiger partial charge in [0.2, 0.25) is 6.79 Å². The number of anilines is 1. The third-order valence-corrected chi connectivity index (χ3v) is 5.67. The molecular formula is C24H24N2O3. The molecule has 0 radical (unpaired) electrons. The van der Waals surface area contributed by atoms with Crippen LogP contribution in [0.3, 0.4) is 0 Å². The van der Waals surface area contributed by atoms with E-state index in [-0.39, 0.29) is 12.5 Å².